The molecule has 1 heteroatoms. The third kappa shape index (κ3) is 6.22. The van der Waals surface area contributed by atoms with Gasteiger partial charge in [0.2, 0.25) is 0 Å². The molecule has 0 bridgehead atoms. The van der Waals surface area contributed by atoms with Crippen LogP contribution >= 0.6 is 0 Å². The molecule has 0 unspecified atom stereocenters. The third-order valence-electron chi connectivity index (χ3n) is 3.08. The minimum absolute atomic E-state index is 0. The van der Waals surface area contributed by atoms with Gasteiger partial charge in [0.25, 0.3) is 0 Å². The number of rotatable bonds is 2. The Hall–Kier alpha value is -0.352. The van der Waals surface area contributed by atoms with E-state index in [1.807, 2.05) is 0 Å². The molecule has 17 heavy (non-hydrogen) atoms. The van der Waals surface area contributed by atoms with Gasteiger partial charge < -0.3 is 0 Å². The summed E-state index contributed by atoms with van der Waals surface area (Å²) in [4.78, 5) is 0. The zero-order valence-corrected chi connectivity index (χ0v) is 16.8. The first-order valence-corrected chi connectivity index (χ1v) is 6.32. The van der Waals surface area contributed by atoms with Gasteiger partial charge in [0.1, 0.15) is 0 Å². The van der Waals surface area contributed by atoms with Crippen LogP contribution in [-0.2, 0) is 21.1 Å². The van der Waals surface area contributed by atoms with Crippen molar-refractivity contribution < 1.29 is 21.1 Å². The Balaban J connectivity index is 0.000000284. The Labute approximate surface area is 121 Å². The van der Waals surface area contributed by atoms with Crippen LogP contribution in [0.1, 0.15) is 40.5 Å². The van der Waals surface area contributed by atoms with E-state index < -0.39 is 0 Å². The average molecular weight is 404 g/mol. The molecule has 0 N–H and O–H groups in total. The van der Waals surface area contributed by atoms with Gasteiger partial charge in [0.15, 0.2) is 0 Å². The third-order valence-corrected chi connectivity index (χ3v) is 3.08. The maximum atomic E-state index is 2.23. The second-order valence-corrected chi connectivity index (χ2v) is 5.06. The van der Waals surface area contributed by atoms with Crippen LogP contribution in [0.2, 0.25) is 0 Å². The minimum atomic E-state index is 0. The summed E-state index contributed by atoms with van der Waals surface area (Å²) in [6, 6.07) is 0. The van der Waals surface area contributed by atoms with Gasteiger partial charge in [-0.2, -0.15) is 0 Å². The molecular weight excluding hydrogens is 376 g/mol. The molecule has 0 saturated carbocycles. The molecule has 0 aromatic carbocycles. The summed E-state index contributed by atoms with van der Waals surface area (Å²) in [6.45, 7) is 8.94. The Morgan fingerprint density at radius 1 is 0.765 bits per heavy atom. The predicted octanol–water partition coefficient (Wildman–Crippen LogP) is 3.98. The van der Waals surface area contributed by atoms with Crippen LogP contribution in [-0.4, -0.2) is 0 Å². The van der Waals surface area contributed by atoms with Crippen LogP contribution in [0.3, 0.4) is 0 Å². The van der Waals surface area contributed by atoms with Crippen LogP contribution in [0, 0.1) is 11.8 Å². The van der Waals surface area contributed by atoms with Crippen molar-refractivity contribution in [2.75, 3.05) is 0 Å². The molecule has 2 rings (SSSR count). The van der Waals surface area contributed by atoms with Gasteiger partial charge in [-0.25, -0.2) is 0 Å². The van der Waals surface area contributed by atoms with Crippen LogP contribution in [0.25, 0.3) is 0 Å². The van der Waals surface area contributed by atoms with E-state index in [2.05, 4.69) is 64.2 Å². The number of allylic oxidation sites excluding steroid dienone is 8. The number of hydrogen-bond donors (Lipinski definition) is 0. The summed E-state index contributed by atoms with van der Waals surface area (Å²) in [7, 11) is 0. The molecule has 0 aromatic rings. The Morgan fingerprint density at radius 3 is 1.24 bits per heavy atom. The van der Waals surface area contributed by atoms with Crippen molar-refractivity contribution in [1.82, 2.24) is 0 Å². The molecule has 0 nitrogen and oxygen atoms in total. The second-order valence-electron chi connectivity index (χ2n) is 5.06. The van der Waals surface area contributed by atoms with E-state index >= 15 is 0 Å². The van der Waals surface area contributed by atoms with Crippen molar-refractivity contribution in [1.29, 1.82) is 0 Å². The first-order chi connectivity index (χ1) is 7.61. The zero-order valence-electron chi connectivity index (χ0n) is 11.7. The molecule has 0 amide bonds. The van der Waals surface area contributed by atoms with E-state index in [1.54, 1.807) is 11.1 Å². The predicted molar refractivity (Wildman–Crippen MR) is 78.9 cm³/mol. The SMILES string of the molecule is CC(C)C1=CC=CC1.CC(C)C1=CC=CC1.[WH4]. The molecule has 0 aliphatic heterocycles. The van der Waals surface area contributed by atoms with E-state index in [-0.39, 0.29) is 21.1 Å². The van der Waals surface area contributed by atoms with Crippen molar-refractivity contribution in [2.24, 2.45) is 11.8 Å². The van der Waals surface area contributed by atoms with Gasteiger partial charge in [0, 0.05) is 0 Å². The van der Waals surface area contributed by atoms with Crippen molar-refractivity contribution in [2.45, 2.75) is 40.5 Å². The molecule has 0 spiro atoms. The summed E-state index contributed by atoms with van der Waals surface area (Å²) in [6.07, 6.45) is 15.5. The van der Waals surface area contributed by atoms with Gasteiger partial charge in [-0.1, -0.05) is 75.3 Å². The first-order valence-electron chi connectivity index (χ1n) is 6.32. The van der Waals surface area contributed by atoms with E-state index in [0.29, 0.717) is 0 Å². The Kier molecular flexibility index (Phi) is 8.52. The van der Waals surface area contributed by atoms with Gasteiger partial charge >= 0.3 is 21.1 Å². The summed E-state index contributed by atoms with van der Waals surface area (Å²) in [5, 5.41) is 0. The molecule has 0 saturated heterocycles. The van der Waals surface area contributed by atoms with Crippen molar-refractivity contribution >= 4 is 0 Å². The average Bonchev–Trinajstić information content (AvgIpc) is 2.93. The number of hydrogen-bond acceptors (Lipinski definition) is 0. The van der Waals surface area contributed by atoms with Crippen LogP contribution in [0.15, 0.2) is 47.6 Å². The normalized spacial score (nSPS) is 16.6. The fraction of sp³-hybridized carbons (Fsp3) is 0.500. The summed E-state index contributed by atoms with van der Waals surface area (Å²) < 4.78 is 0. The fourth-order valence-corrected chi connectivity index (χ4v) is 1.78. The maximum absolute atomic E-state index is 2.23. The molecule has 0 fully saturated rings. The van der Waals surface area contributed by atoms with E-state index in [0.717, 1.165) is 11.8 Å². The Morgan fingerprint density at radius 2 is 1.12 bits per heavy atom. The zero-order chi connectivity index (χ0) is 12.0. The summed E-state index contributed by atoms with van der Waals surface area (Å²) in [5.41, 5.74) is 3.12. The molecule has 98 valence electrons. The van der Waals surface area contributed by atoms with Gasteiger partial charge in [-0.3, -0.25) is 0 Å². The monoisotopic (exact) mass is 404 g/mol. The van der Waals surface area contributed by atoms with Crippen LogP contribution in [0.4, 0.5) is 0 Å². The quantitative estimate of drug-likeness (QED) is 0.653. The van der Waals surface area contributed by atoms with Gasteiger partial charge in [-0.15, -0.1) is 0 Å². The van der Waals surface area contributed by atoms with Crippen molar-refractivity contribution in [3.8, 4) is 0 Å². The molecule has 0 atom stereocenters. The van der Waals surface area contributed by atoms with Gasteiger partial charge in [0.05, 0.1) is 0 Å². The molecule has 0 heterocycles. The van der Waals surface area contributed by atoms with E-state index in [4.69, 9.17) is 0 Å². The van der Waals surface area contributed by atoms with Crippen LogP contribution < -0.4 is 0 Å². The van der Waals surface area contributed by atoms with Crippen molar-refractivity contribution in [3.63, 3.8) is 0 Å². The standard InChI is InChI=1S/2C8H12.W.4H/c2*1-7(2)8-5-3-4-6-8;;;;;/h2*3-5,7H,6H2,1-2H3;;;;;. The summed E-state index contributed by atoms with van der Waals surface area (Å²) >= 11 is 0. The molecule has 2 aliphatic rings. The Bertz CT molecular complexity index is 293. The molecule has 2 aliphatic carbocycles. The fourth-order valence-electron chi connectivity index (χ4n) is 1.78. The van der Waals surface area contributed by atoms with Crippen LogP contribution in [0.5, 0.6) is 0 Å². The van der Waals surface area contributed by atoms with Gasteiger partial charge in [-0.05, 0) is 24.7 Å². The van der Waals surface area contributed by atoms with Crippen molar-refractivity contribution in [3.05, 3.63) is 47.6 Å². The molecule has 0 radical (unpaired) electrons. The van der Waals surface area contributed by atoms with E-state index in [9.17, 15) is 0 Å². The topological polar surface area (TPSA) is 0 Å². The second kappa shape index (κ2) is 8.70. The first kappa shape index (κ1) is 16.6. The molecule has 0 aromatic heterocycles. The molecular formula is C16H28W. The summed E-state index contributed by atoms with van der Waals surface area (Å²) in [5.74, 6) is 1.48. The van der Waals surface area contributed by atoms with E-state index in [1.165, 1.54) is 12.8 Å².